The van der Waals surface area contributed by atoms with Crippen LogP contribution in [-0.2, 0) is 0 Å². The molecule has 1 unspecified atom stereocenters. The van der Waals surface area contributed by atoms with Crippen molar-refractivity contribution in [3.8, 4) is 11.5 Å². The third-order valence-electron chi connectivity index (χ3n) is 1.52. The molecule has 0 aromatic carbocycles. The molecular weight excluding hydrogens is 188 g/mol. The van der Waals surface area contributed by atoms with Gasteiger partial charge >= 0.3 is 0 Å². The molecule has 1 aromatic rings. The highest BCUT2D eigenvalue weighted by Gasteiger charge is 2.20. The lowest BCUT2D eigenvalue weighted by molar-refractivity contribution is 0.0466. The summed E-state index contributed by atoms with van der Waals surface area (Å²) in [5, 5.41) is 12.5. The van der Waals surface area contributed by atoms with Crippen molar-refractivity contribution in [1.29, 1.82) is 0 Å². The second kappa shape index (κ2) is 5.09. The van der Waals surface area contributed by atoms with Crippen LogP contribution in [0.15, 0.2) is 10.8 Å². The van der Waals surface area contributed by atoms with E-state index in [2.05, 4.69) is 0 Å². The van der Waals surface area contributed by atoms with Gasteiger partial charge in [-0.1, -0.05) is 13.8 Å². The highest BCUT2D eigenvalue weighted by molar-refractivity contribution is 7.08. The smallest absolute Gasteiger partial charge is 0.172 e. The lowest BCUT2D eigenvalue weighted by atomic mass is 10.3. The van der Waals surface area contributed by atoms with Crippen LogP contribution in [0.1, 0.15) is 13.8 Å². The molecule has 0 amide bonds. The van der Waals surface area contributed by atoms with Crippen LogP contribution in [0, 0.1) is 0 Å². The van der Waals surface area contributed by atoms with Crippen molar-refractivity contribution in [3.05, 3.63) is 10.8 Å². The predicted octanol–water partition coefficient (Wildman–Crippen LogP) is 1.91. The zero-order valence-electron chi connectivity index (χ0n) is 7.82. The normalized spacial score (nSPS) is 18.8. The SMILES string of the molecule is CC.OCC1COc2cscc2O1. The van der Waals surface area contributed by atoms with E-state index in [0.717, 1.165) is 11.5 Å². The van der Waals surface area contributed by atoms with Crippen molar-refractivity contribution in [1.82, 2.24) is 0 Å². The molecule has 0 bridgehead atoms. The molecule has 0 aliphatic carbocycles. The lowest BCUT2D eigenvalue weighted by Crippen LogP contribution is -2.31. The molecule has 2 heterocycles. The summed E-state index contributed by atoms with van der Waals surface area (Å²) < 4.78 is 10.6. The summed E-state index contributed by atoms with van der Waals surface area (Å²) in [5.41, 5.74) is 0. The standard InChI is InChI=1S/C7H8O3S.C2H6/c8-1-5-2-9-6-3-11-4-7(6)10-5;1-2/h3-5,8H,1-2H2;1-2H3. The minimum atomic E-state index is -0.197. The minimum absolute atomic E-state index is 0.00921. The Morgan fingerprint density at radius 3 is 2.85 bits per heavy atom. The van der Waals surface area contributed by atoms with E-state index in [-0.39, 0.29) is 12.7 Å². The topological polar surface area (TPSA) is 38.7 Å². The number of hydrogen-bond donors (Lipinski definition) is 1. The molecule has 1 N–H and O–H groups in total. The lowest BCUT2D eigenvalue weighted by Gasteiger charge is -2.22. The van der Waals surface area contributed by atoms with Gasteiger partial charge in [-0.3, -0.25) is 0 Å². The molecule has 1 aliphatic heterocycles. The van der Waals surface area contributed by atoms with Crippen molar-refractivity contribution >= 4 is 11.3 Å². The Morgan fingerprint density at radius 1 is 1.46 bits per heavy atom. The second-order valence-electron chi connectivity index (χ2n) is 2.33. The van der Waals surface area contributed by atoms with Gasteiger partial charge in [-0.2, -0.15) is 0 Å². The summed E-state index contributed by atoms with van der Waals surface area (Å²) in [7, 11) is 0. The average Bonchev–Trinajstić information content (AvgIpc) is 2.67. The average molecular weight is 202 g/mol. The maximum absolute atomic E-state index is 8.75. The van der Waals surface area contributed by atoms with E-state index in [4.69, 9.17) is 14.6 Å². The first-order chi connectivity index (χ1) is 6.40. The molecule has 4 heteroatoms. The molecule has 0 spiro atoms. The Kier molecular flexibility index (Phi) is 4.05. The zero-order chi connectivity index (χ0) is 9.68. The first kappa shape index (κ1) is 10.3. The molecule has 1 aromatic heterocycles. The molecule has 2 rings (SSSR count). The number of aliphatic hydroxyl groups is 1. The van der Waals surface area contributed by atoms with Crippen molar-refractivity contribution < 1.29 is 14.6 Å². The number of aliphatic hydroxyl groups excluding tert-OH is 1. The van der Waals surface area contributed by atoms with Gasteiger partial charge < -0.3 is 14.6 Å². The Balaban J connectivity index is 0.000000396. The number of ether oxygens (including phenoxy) is 2. The first-order valence-electron chi connectivity index (χ1n) is 4.36. The van der Waals surface area contributed by atoms with Crippen LogP contribution in [0.2, 0.25) is 0 Å². The molecule has 3 nitrogen and oxygen atoms in total. The quantitative estimate of drug-likeness (QED) is 0.756. The molecule has 74 valence electrons. The van der Waals surface area contributed by atoms with Crippen molar-refractivity contribution in [2.45, 2.75) is 20.0 Å². The van der Waals surface area contributed by atoms with E-state index < -0.39 is 0 Å². The fraction of sp³-hybridized carbons (Fsp3) is 0.556. The van der Waals surface area contributed by atoms with Gasteiger partial charge in [0, 0.05) is 10.8 Å². The summed E-state index contributed by atoms with van der Waals surface area (Å²) in [6, 6.07) is 0. The maximum Gasteiger partial charge on any atom is 0.172 e. The number of fused-ring (bicyclic) bond motifs is 1. The molecular formula is C9H14O3S. The molecule has 13 heavy (non-hydrogen) atoms. The summed E-state index contributed by atoms with van der Waals surface area (Å²) >= 11 is 1.54. The van der Waals surface area contributed by atoms with Crippen molar-refractivity contribution in [2.24, 2.45) is 0 Å². The van der Waals surface area contributed by atoms with Crippen LogP contribution >= 0.6 is 11.3 Å². The fourth-order valence-corrected chi connectivity index (χ4v) is 1.62. The first-order valence-corrected chi connectivity index (χ1v) is 5.31. The summed E-state index contributed by atoms with van der Waals surface area (Å²) in [4.78, 5) is 0. The predicted molar refractivity (Wildman–Crippen MR) is 52.7 cm³/mol. The molecule has 1 aliphatic rings. The van der Waals surface area contributed by atoms with Crippen LogP contribution in [0.4, 0.5) is 0 Å². The van der Waals surface area contributed by atoms with E-state index in [0.29, 0.717) is 6.61 Å². The van der Waals surface area contributed by atoms with Crippen LogP contribution in [0.3, 0.4) is 0 Å². The highest BCUT2D eigenvalue weighted by Crippen LogP contribution is 2.34. The van der Waals surface area contributed by atoms with Gasteiger partial charge in [0.1, 0.15) is 6.61 Å². The van der Waals surface area contributed by atoms with Gasteiger partial charge in [0.2, 0.25) is 0 Å². The van der Waals surface area contributed by atoms with Gasteiger partial charge in [0.15, 0.2) is 17.6 Å². The van der Waals surface area contributed by atoms with E-state index in [9.17, 15) is 0 Å². The summed E-state index contributed by atoms with van der Waals surface area (Å²) in [6.45, 7) is 4.45. The summed E-state index contributed by atoms with van der Waals surface area (Å²) in [6.07, 6.45) is -0.197. The number of thiophene rings is 1. The molecule has 0 fully saturated rings. The van der Waals surface area contributed by atoms with Crippen LogP contribution in [0.5, 0.6) is 11.5 Å². The van der Waals surface area contributed by atoms with E-state index >= 15 is 0 Å². The van der Waals surface area contributed by atoms with Crippen molar-refractivity contribution in [2.75, 3.05) is 13.2 Å². The van der Waals surface area contributed by atoms with Gasteiger partial charge in [0.25, 0.3) is 0 Å². The zero-order valence-corrected chi connectivity index (χ0v) is 8.63. The van der Waals surface area contributed by atoms with Crippen molar-refractivity contribution in [3.63, 3.8) is 0 Å². The molecule has 1 atom stereocenters. The van der Waals surface area contributed by atoms with E-state index in [1.165, 1.54) is 11.3 Å². The second-order valence-corrected chi connectivity index (χ2v) is 3.08. The van der Waals surface area contributed by atoms with Gasteiger partial charge in [0.05, 0.1) is 6.61 Å². The Labute approximate surface area is 81.9 Å². The summed E-state index contributed by atoms with van der Waals surface area (Å²) in [5.74, 6) is 1.54. The largest absolute Gasteiger partial charge is 0.485 e. The van der Waals surface area contributed by atoms with E-state index in [1.54, 1.807) is 0 Å². The fourth-order valence-electron chi connectivity index (χ4n) is 0.951. The van der Waals surface area contributed by atoms with Crippen LogP contribution in [-0.4, -0.2) is 24.4 Å². The highest BCUT2D eigenvalue weighted by atomic mass is 32.1. The number of hydrogen-bond acceptors (Lipinski definition) is 4. The Bertz CT molecular complexity index is 247. The third kappa shape index (κ3) is 2.35. The Morgan fingerprint density at radius 2 is 2.15 bits per heavy atom. The third-order valence-corrected chi connectivity index (χ3v) is 2.22. The van der Waals surface area contributed by atoms with Gasteiger partial charge in [-0.05, 0) is 0 Å². The maximum atomic E-state index is 8.75. The van der Waals surface area contributed by atoms with E-state index in [1.807, 2.05) is 24.6 Å². The van der Waals surface area contributed by atoms with Gasteiger partial charge in [-0.25, -0.2) is 0 Å². The minimum Gasteiger partial charge on any atom is -0.485 e. The molecule has 0 saturated carbocycles. The van der Waals surface area contributed by atoms with Crippen LogP contribution < -0.4 is 9.47 Å². The molecule has 0 saturated heterocycles. The number of rotatable bonds is 1. The Hall–Kier alpha value is -0.740. The molecule has 0 radical (unpaired) electrons. The monoisotopic (exact) mass is 202 g/mol. The van der Waals surface area contributed by atoms with Crippen LogP contribution in [0.25, 0.3) is 0 Å². The van der Waals surface area contributed by atoms with Gasteiger partial charge in [-0.15, -0.1) is 11.3 Å².